The Morgan fingerprint density at radius 3 is 2.50 bits per heavy atom. The van der Waals surface area contributed by atoms with Crippen molar-refractivity contribution < 1.29 is 9.53 Å². The van der Waals surface area contributed by atoms with Crippen LogP contribution >= 0.6 is 0 Å². The van der Waals surface area contributed by atoms with Crippen LogP contribution in [0.5, 0.6) is 6.01 Å². The van der Waals surface area contributed by atoms with Gasteiger partial charge in [-0.1, -0.05) is 30.2 Å². The fraction of sp³-hybridized carbons (Fsp3) is 0.400. The molecule has 2 N–H and O–H groups in total. The number of benzene rings is 2. The Hall–Kier alpha value is -3.35. The molecule has 7 nitrogen and oxygen atoms in total. The van der Waals surface area contributed by atoms with Crippen molar-refractivity contribution in [1.82, 2.24) is 20.1 Å². The molecule has 2 aliphatic rings. The first kappa shape index (κ1) is 20.5. The molecule has 1 aliphatic heterocycles. The van der Waals surface area contributed by atoms with E-state index in [0.29, 0.717) is 23.7 Å². The quantitative estimate of drug-likeness (QED) is 0.586. The van der Waals surface area contributed by atoms with Crippen molar-refractivity contribution in [3.8, 4) is 17.4 Å². The Labute approximate surface area is 188 Å². The van der Waals surface area contributed by atoms with Crippen LogP contribution in [0.4, 0.5) is 5.69 Å². The van der Waals surface area contributed by atoms with Crippen molar-refractivity contribution >= 4 is 11.6 Å². The SMILES string of the molecule is CCc1cc(C2CC2)c(-c2nnc(OC)[nH]2)cc1C(=O)N1CC(c2ccc(NC)cc2)C1. The van der Waals surface area contributed by atoms with Gasteiger partial charge in [-0.2, -0.15) is 0 Å². The number of aryl methyl sites for hydroxylation is 1. The number of carbonyl (C=O) groups is 1. The van der Waals surface area contributed by atoms with Gasteiger partial charge in [-0.05, 0) is 60.1 Å². The number of methoxy groups -OCH3 is 1. The molecule has 1 aliphatic carbocycles. The maximum absolute atomic E-state index is 13.5. The summed E-state index contributed by atoms with van der Waals surface area (Å²) in [6.07, 6.45) is 3.17. The molecule has 1 saturated heterocycles. The van der Waals surface area contributed by atoms with Crippen LogP contribution in [0.25, 0.3) is 11.4 Å². The van der Waals surface area contributed by atoms with Gasteiger partial charge in [0, 0.05) is 42.9 Å². The summed E-state index contributed by atoms with van der Waals surface area (Å²) in [7, 11) is 3.48. The number of rotatable bonds is 7. The van der Waals surface area contributed by atoms with Crippen molar-refractivity contribution in [3.05, 3.63) is 58.7 Å². The molecule has 1 saturated carbocycles. The predicted octanol–water partition coefficient (Wildman–Crippen LogP) is 4.20. The lowest BCUT2D eigenvalue weighted by Gasteiger charge is -2.40. The van der Waals surface area contributed by atoms with Crippen molar-refractivity contribution in [2.75, 3.05) is 32.6 Å². The van der Waals surface area contributed by atoms with Gasteiger partial charge < -0.3 is 15.0 Å². The Morgan fingerprint density at radius 2 is 1.91 bits per heavy atom. The Balaban J connectivity index is 1.41. The zero-order chi connectivity index (χ0) is 22.2. The molecule has 5 rings (SSSR count). The van der Waals surface area contributed by atoms with Crippen LogP contribution in [0.15, 0.2) is 36.4 Å². The highest BCUT2D eigenvalue weighted by molar-refractivity contribution is 5.98. The topological polar surface area (TPSA) is 83.1 Å². The summed E-state index contributed by atoms with van der Waals surface area (Å²) in [6.45, 7) is 3.61. The second kappa shape index (κ2) is 8.30. The number of amides is 1. The van der Waals surface area contributed by atoms with Crippen LogP contribution in [0.2, 0.25) is 0 Å². The number of H-pyrrole nitrogens is 1. The van der Waals surface area contributed by atoms with Gasteiger partial charge in [-0.15, -0.1) is 5.10 Å². The van der Waals surface area contributed by atoms with E-state index in [-0.39, 0.29) is 5.91 Å². The number of nitrogens with zero attached hydrogens (tertiary/aromatic N) is 3. The highest BCUT2D eigenvalue weighted by atomic mass is 16.5. The summed E-state index contributed by atoms with van der Waals surface area (Å²) in [5, 5.41) is 11.5. The smallest absolute Gasteiger partial charge is 0.314 e. The van der Waals surface area contributed by atoms with E-state index in [1.807, 2.05) is 18.0 Å². The number of nitrogens with one attached hydrogen (secondary N) is 2. The summed E-state index contributed by atoms with van der Waals surface area (Å²) >= 11 is 0. The Morgan fingerprint density at radius 1 is 1.16 bits per heavy atom. The molecule has 0 atom stereocenters. The van der Waals surface area contributed by atoms with E-state index >= 15 is 0 Å². The standard InChI is InChI=1S/C25H29N5O2/c1-4-15-11-20(17-5-6-17)22(23-27-25(32-3)29-28-23)12-21(15)24(31)30-13-18(14-30)16-7-9-19(26-2)10-8-16/h7-12,17-18,26H,4-6,13-14H2,1-3H3,(H,27,28,29). The number of anilines is 1. The van der Waals surface area contributed by atoms with Crippen LogP contribution in [-0.2, 0) is 6.42 Å². The molecule has 0 unspecified atom stereocenters. The molecule has 0 spiro atoms. The molecule has 166 valence electrons. The van der Waals surface area contributed by atoms with Gasteiger partial charge in [-0.3, -0.25) is 9.78 Å². The average molecular weight is 432 g/mol. The van der Waals surface area contributed by atoms with Gasteiger partial charge in [0.25, 0.3) is 5.91 Å². The molecule has 0 bridgehead atoms. The number of ether oxygens (including phenoxy) is 1. The fourth-order valence-electron chi connectivity index (χ4n) is 4.50. The van der Waals surface area contributed by atoms with Crippen LogP contribution in [0, 0.1) is 0 Å². The van der Waals surface area contributed by atoms with Crippen LogP contribution in [0.3, 0.4) is 0 Å². The van der Waals surface area contributed by atoms with Gasteiger partial charge in [-0.25, -0.2) is 0 Å². The van der Waals surface area contributed by atoms with Gasteiger partial charge in [0.15, 0.2) is 5.82 Å². The molecule has 32 heavy (non-hydrogen) atoms. The van der Waals surface area contributed by atoms with E-state index in [0.717, 1.165) is 41.9 Å². The van der Waals surface area contributed by atoms with Crippen molar-refractivity contribution in [2.24, 2.45) is 0 Å². The molecule has 3 aromatic rings. The monoisotopic (exact) mass is 431 g/mol. The Bertz CT molecular complexity index is 1130. The lowest BCUT2D eigenvalue weighted by molar-refractivity contribution is 0.0601. The molecule has 2 fully saturated rings. The van der Waals surface area contributed by atoms with Crippen molar-refractivity contribution in [1.29, 1.82) is 0 Å². The first-order chi connectivity index (χ1) is 15.6. The third-order valence-electron chi connectivity index (χ3n) is 6.66. The lowest BCUT2D eigenvalue weighted by Crippen LogP contribution is -2.48. The molecular formula is C25H29N5O2. The van der Waals surface area contributed by atoms with Crippen LogP contribution in [0.1, 0.15) is 58.6 Å². The zero-order valence-corrected chi connectivity index (χ0v) is 18.8. The van der Waals surface area contributed by atoms with Crippen LogP contribution < -0.4 is 10.1 Å². The van der Waals surface area contributed by atoms with E-state index in [4.69, 9.17) is 4.74 Å². The third-order valence-corrected chi connectivity index (χ3v) is 6.66. The summed E-state index contributed by atoms with van der Waals surface area (Å²) in [6, 6.07) is 13.1. The van der Waals surface area contributed by atoms with Gasteiger partial charge >= 0.3 is 6.01 Å². The molecule has 7 heteroatoms. The highest BCUT2D eigenvalue weighted by Gasteiger charge is 2.35. The van der Waals surface area contributed by atoms with E-state index in [9.17, 15) is 4.79 Å². The number of aromatic nitrogens is 3. The number of likely N-dealkylation sites (tertiary alicyclic amines) is 1. The fourth-order valence-corrected chi connectivity index (χ4v) is 4.50. The lowest BCUT2D eigenvalue weighted by atomic mass is 9.88. The summed E-state index contributed by atoms with van der Waals surface area (Å²) in [4.78, 5) is 18.5. The Kier molecular flexibility index (Phi) is 5.33. The second-order valence-corrected chi connectivity index (χ2v) is 8.69. The maximum Gasteiger partial charge on any atom is 0.314 e. The third kappa shape index (κ3) is 3.72. The van der Waals surface area contributed by atoms with E-state index in [1.54, 1.807) is 7.11 Å². The first-order valence-electron chi connectivity index (χ1n) is 11.3. The second-order valence-electron chi connectivity index (χ2n) is 8.69. The average Bonchev–Trinajstić information content (AvgIpc) is 3.54. The largest absolute Gasteiger partial charge is 0.467 e. The minimum absolute atomic E-state index is 0.0972. The van der Waals surface area contributed by atoms with E-state index in [2.05, 4.69) is 57.8 Å². The minimum atomic E-state index is 0.0972. The number of aromatic amines is 1. The van der Waals surface area contributed by atoms with Gasteiger partial charge in [0.2, 0.25) is 0 Å². The molecule has 2 aromatic carbocycles. The molecule has 2 heterocycles. The van der Waals surface area contributed by atoms with E-state index < -0.39 is 0 Å². The predicted molar refractivity (Wildman–Crippen MR) is 124 cm³/mol. The van der Waals surface area contributed by atoms with Crippen LogP contribution in [-0.4, -0.2) is 53.2 Å². The number of carbonyl (C=O) groups excluding carboxylic acids is 1. The van der Waals surface area contributed by atoms with Crippen molar-refractivity contribution in [2.45, 2.75) is 38.0 Å². The summed E-state index contributed by atoms with van der Waals surface area (Å²) in [5.41, 5.74) is 6.47. The first-order valence-corrected chi connectivity index (χ1v) is 11.3. The normalized spacial score (nSPS) is 16.0. The molecular weight excluding hydrogens is 402 g/mol. The summed E-state index contributed by atoms with van der Waals surface area (Å²) < 4.78 is 5.18. The number of hydrogen-bond donors (Lipinski definition) is 2. The van der Waals surface area contributed by atoms with Gasteiger partial charge in [0.05, 0.1) is 7.11 Å². The highest BCUT2D eigenvalue weighted by Crippen LogP contribution is 2.45. The zero-order valence-electron chi connectivity index (χ0n) is 18.8. The minimum Gasteiger partial charge on any atom is -0.467 e. The molecule has 1 amide bonds. The number of hydrogen-bond acceptors (Lipinski definition) is 5. The van der Waals surface area contributed by atoms with E-state index in [1.165, 1.54) is 24.0 Å². The molecule has 1 aromatic heterocycles. The van der Waals surface area contributed by atoms with Gasteiger partial charge in [0.1, 0.15) is 0 Å². The molecule has 0 radical (unpaired) electrons. The summed E-state index contributed by atoms with van der Waals surface area (Å²) in [5.74, 6) is 1.68. The maximum atomic E-state index is 13.5. The van der Waals surface area contributed by atoms with Crippen molar-refractivity contribution in [3.63, 3.8) is 0 Å².